The van der Waals surface area contributed by atoms with E-state index in [1.54, 1.807) is 56.6 Å². The van der Waals surface area contributed by atoms with Crippen molar-refractivity contribution in [3.8, 4) is 34.0 Å². The van der Waals surface area contributed by atoms with E-state index >= 15 is 0 Å². The van der Waals surface area contributed by atoms with E-state index in [0.717, 1.165) is 115 Å². The summed E-state index contributed by atoms with van der Waals surface area (Å²) in [6.45, 7) is 1.49. The predicted octanol–water partition coefficient (Wildman–Crippen LogP) is 8.54. The lowest BCUT2D eigenvalue weighted by atomic mass is 9.81. The molecule has 3 N–H and O–H groups in total. The third-order valence-corrected chi connectivity index (χ3v) is 19.3. The summed E-state index contributed by atoms with van der Waals surface area (Å²) in [6.07, 6.45) is 14.8. The first-order chi connectivity index (χ1) is 38.7. The van der Waals surface area contributed by atoms with Crippen LogP contribution in [0.15, 0.2) is 83.9 Å². The maximum atomic E-state index is 13.8. The largest absolute Gasteiger partial charge is 0.497 e. The standard InChI is InChI=1S/C32H38N4O6S.C28H31N3O6S/c1-34(2)43(39,40)33-31(37)21-10-12-27-28(16-21)36-17-23(32(38)35-18-25(19-35)42-4)14-22-15-24(41-3)11-13-26(22)30(36)29(27)20-8-6-5-7-9-20;1-30(2)38(35,36)29-27(32)18-9-11-23-24(15-18)31-16-20(28(33)34)13-19-14-21(37-3)10-12-22(19)26(31)25(23)17-7-5-4-6-8-17/h10-16,20,25H,5-9,17-19H2,1-4H3,(H,33,37);9-15,17H,4-8,16H2,1-3H3,(H,29,32)(H,33,34). The molecule has 1 saturated heterocycles. The van der Waals surface area contributed by atoms with Crippen molar-refractivity contribution in [2.75, 3.05) is 62.6 Å². The van der Waals surface area contributed by atoms with E-state index in [4.69, 9.17) is 14.2 Å². The van der Waals surface area contributed by atoms with Gasteiger partial charge >= 0.3 is 26.4 Å². The van der Waals surface area contributed by atoms with Crippen LogP contribution in [0.2, 0.25) is 0 Å². The van der Waals surface area contributed by atoms with Gasteiger partial charge in [0, 0.05) is 98.0 Å². The molecule has 3 fully saturated rings. The third-order valence-electron chi connectivity index (χ3n) is 16.5. The number of nitrogens with one attached hydrogen (secondary N) is 2. The Morgan fingerprint density at radius 3 is 1.38 bits per heavy atom. The number of carboxylic acid groups (broad SMARTS) is 1. The Morgan fingerprint density at radius 1 is 0.568 bits per heavy atom. The van der Waals surface area contributed by atoms with Gasteiger partial charge in [0.1, 0.15) is 11.5 Å². The van der Waals surface area contributed by atoms with Crippen LogP contribution in [-0.4, -0.2) is 137 Å². The van der Waals surface area contributed by atoms with Crippen LogP contribution in [0.25, 0.3) is 56.5 Å². The molecule has 0 spiro atoms. The minimum atomic E-state index is -3.97. The molecule has 0 atom stereocenters. The zero-order chi connectivity index (χ0) is 57.7. The van der Waals surface area contributed by atoms with E-state index in [0.29, 0.717) is 48.1 Å². The summed E-state index contributed by atoms with van der Waals surface area (Å²) in [6, 6.07) is 22.2. The first kappa shape index (κ1) is 57.0. The number of hydrogen-bond acceptors (Lipinski definition) is 11. The summed E-state index contributed by atoms with van der Waals surface area (Å²) < 4.78 is 76.1. The number of nitrogens with zero attached hydrogens (tertiary/aromatic N) is 5. The first-order valence-electron chi connectivity index (χ1n) is 27.4. The molecular weight excluding hydrogens is 1070 g/mol. The second-order valence-corrected chi connectivity index (χ2v) is 25.7. The molecule has 3 aliphatic heterocycles. The monoisotopic (exact) mass is 1140 g/mol. The number of carboxylic acids is 1. The number of benzene rings is 4. The zero-order valence-electron chi connectivity index (χ0n) is 46.7. The minimum Gasteiger partial charge on any atom is -0.497 e. The van der Waals surface area contributed by atoms with Crippen molar-refractivity contribution < 1.29 is 55.3 Å². The Labute approximate surface area is 472 Å². The molecule has 2 aliphatic carbocycles. The highest BCUT2D eigenvalue weighted by atomic mass is 32.2. The van der Waals surface area contributed by atoms with Crippen molar-refractivity contribution in [3.05, 3.63) is 117 Å². The number of ether oxygens (including phenoxy) is 3. The summed E-state index contributed by atoms with van der Waals surface area (Å²) in [4.78, 5) is 54.0. The van der Waals surface area contributed by atoms with Gasteiger partial charge in [0.25, 0.3) is 17.7 Å². The highest BCUT2D eigenvalue weighted by Gasteiger charge is 2.36. The molecular formula is C60H69N7O12S2. The Bertz CT molecular complexity index is 3800. The molecule has 428 valence electrons. The van der Waals surface area contributed by atoms with Crippen molar-refractivity contribution in [2.24, 2.45) is 0 Å². The van der Waals surface area contributed by atoms with Crippen molar-refractivity contribution in [1.29, 1.82) is 0 Å². The molecule has 5 aliphatic rings. The van der Waals surface area contributed by atoms with E-state index in [2.05, 4.69) is 20.1 Å². The Kier molecular flexibility index (Phi) is 16.1. The summed E-state index contributed by atoms with van der Waals surface area (Å²) in [5.41, 5.74) is 10.7. The van der Waals surface area contributed by atoms with Crippen LogP contribution in [0.4, 0.5) is 0 Å². The van der Waals surface area contributed by atoms with E-state index in [1.807, 2.05) is 53.1 Å². The molecule has 19 nitrogen and oxygen atoms in total. The molecule has 0 radical (unpaired) electrons. The zero-order valence-corrected chi connectivity index (χ0v) is 48.3. The second-order valence-electron chi connectivity index (χ2n) is 21.9. The fourth-order valence-corrected chi connectivity index (χ4v) is 13.2. The van der Waals surface area contributed by atoms with Crippen LogP contribution < -0.4 is 18.9 Å². The summed E-state index contributed by atoms with van der Waals surface area (Å²) in [5, 5.41) is 12.0. The lowest BCUT2D eigenvalue weighted by Crippen LogP contribution is -2.54. The SMILES string of the molecule is COc1ccc2c(c1)C=C(C(=O)N1CC(OC)C1)Cn1c-2c(C2CCCCC2)c2ccc(C(=O)NS(=O)(=O)N(C)C)cc21.COc1ccc2c(c1)C=C(C(=O)O)Cn1c-2c(C2CCCCC2)c2ccc(C(=O)NS(=O)(=O)N(C)C)cc21. The van der Waals surface area contributed by atoms with Gasteiger partial charge in [0.15, 0.2) is 0 Å². The third kappa shape index (κ3) is 11.1. The fourth-order valence-electron chi connectivity index (χ4n) is 12.1. The number of fused-ring (bicyclic) bond motifs is 10. The number of aromatic nitrogens is 2. The quantitative estimate of drug-likeness (QED) is 0.0989. The normalized spacial score (nSPS) is 16.8. The topological polar surface area (TPSA) is 228 Å². The van der Waals surface area contributed by atoms with Crippen LogP contribution >= 0.6 is 0 Å². The van der Waals surface area contributed by atoms with Crippen LogP contribution in [-0.2, 0) is 47.8 Å². The molecule has 81 heavy (non-hydrogen) atoms. The Balaban J connectivity index is 0.000000183. The number of aliphatic carboxylic acids is 1. The van der Waals surface area contributed by atoms with Crippen LogP contribution in [0, 0.1) is 0 Å². The average molecular weight is 1140 g/mol. The van der Waals surface area contributed by atoms with E-state index in [-0.39, 0.29) is 41.2 Å². The lowest BCUT2D eigenvalue weighted by Gasteiger charge is -2.38. The molecule has 21 heteroatoms. The molecule has 6 aromatic rings. The van der Waals surface area contributed by atoms with Crippen molar-refractivity contribution in [3.63, 3.8) is 0 Å². The molecule has 4 aromatic carbocycles. The first-order valence-corrected chi connectivity index (χ1v) is 30.2. The molecule has 2 aromatic heterocycles. The molecule has 0 bridgehead atoms. The van der Waals surface area contributed by atoms with Gasteiger partial charge in [-0.25, -0.2) is 14.2 Å². The maximum absolute atomic E-state index is 13.8. The van der Waals surface area contributed by atoms with Crippen molar-refractivity contribution in [1.82, 2.24) is 32.1 Å². The van der Waals surface area contributed by atoms with Gasteiger partial charge in [-0.05, 0) is 133 Å². The van der Waals surface area contributed by atoms with Crippen LogP contribution in [0.3, 0.4) is 0 Å². The van der Waals surface area contributed by atoms with E-state index in [1.165, 1.54) is 46.6 Å². The smallest absolute Gasteiger partial charge is 0.333 e. The summed E-state index contributed by atoms with van der Waals surface area (Å²) in [5.74, 6) is -0.584. The lowest BCUT2D eigenvalue weighted by molar-refractivity contribution is -0.138. The number of carbonyl (C=O) groups excluding carboxylic acids is 3. The molecule has 5 heterocycles. The van der Waals surface area contributed by atoms with Crippen LogP contribution in [0.5, 0.6) is 11.5 Å². The highest BCUT2D eigenvalue weighted by molar-refractivity contribution is 7.88. The van der Waals surface area contributed by atoms with Gasteiger partial charge in [-0.15, -0.1) is 0 Å². The Hall–Kier alpha value is -7.30. The maximum Gasteiger partial charge on any atom is 0.333 e. The summed E-state index contributed by atoms with van der Waals surface area (Å²) in [7, 11) is 2.34. The van der Waals surface area contributed by atoms with E-state index < -0.39 is 38.2 Å². The number of carbonyl (C=O) groups is 4. The van der Waals surface area contributed by atoms with Gasteiger partial charge < -0.3 is 33.4 Å². The van der Waals surface area contributed by atoms with Crippen molar-refractivity contribution in [2.45, 2.75) is 95.2 Å². The summed E-state index contributed by atoms with van der Waals surface area (Å²) >= 11 is 0. The number of methoxy groups -OCH3 is 3. The molecule has 3 amide bonds. The van der Waals surface area contributed by atoms with Gasteiger partial charge in [-0.3, -0.25) is 14.4 Å². The predicted molar refractivity (Wildman–Crippen MR) is 311 cm³/mol. The number of likely N-dealkylation sites (tertiary alicyclic amines) is 1. The molecule has 11 rings (SSSR count). The van der Waals surface area contributed by atoms with Crippen molar-refractivity contribution >= 4 is 78.1 Å². The number of hydrogen-bond donors (Lipinski definition) is 3. The number of rotatable bonds is 13. The van der Waals surface area contributed by atoms with Crippen LogP contribution in [0.1, 0.15) is 119 Å². The second kappa shape index (κ2) is 22.9. The van der Waals surface area contributed by atoms with Gasteiger partial charge in [-0.1, -0.05) is 50.7 Å². The molecule has 2 saturated carbocycles. The highest BCUT2D eigenvalue weighted by Crippen LogP contribution is 2.49. The fraction of sp³-hybridized carbons (Fsp3) is 0.400. The number of amides is 3. The van der Waals surface area contributed by atoms with Gasteiger partial charge in [-0.2, -0.15) is 25.4 Å². The average Bonchev–Trinajstić information content (AvgIpc) is 2.44. The van der Waals surface area contributed by atoms with Gasteiger partial charge in [0.05, 0.1) is 50.4 Å². The van der Waals surface area contributed by atoms with E-state index in [9.17, 15) is 41.1 Å². The van der Waals surface area contributed by atoms with Gasteiger partial charge in [0.2, 0.25) is 0 Å². The Morgan fingerprint density at radius 2 is 0.988 bits per heavy atom. The minimum absolute atomic E-state index is 0.0306. The molecule has 0 unspecified atom stereocenters.